The number of benzene rings is 1. The van der Waals surface area contributed by atoms with Crippen LogP contribution in [0, 0.1) is 0 Å². The molecule has 1 aromatic rings. The quantitative estimate of drug-likeness (QED) is 0.884. The van der Waals surface area contributed by atoms with Crippen LogP contribution in [-0.2, 0) is 10.0 Å². The summed E-state index contributed by atoms with van der Waals surface area (Å²) in [6, 6.07) is 4.57. The van der Waals surface area contributed by atoms with Crippen LogP contribution in [-0.4, -0.2) is 49.4 Å². The lowest BCUT2D eigenvalue weighted by Crippen LogP contribution is -2.53. The third-order valence-electron chi connectivity index (χ3n) is 4.07. The van der Waals surface area contributed by atoms with Crippen molar-refractivity contribution in [1.29, 1.82) is 0 Å². The zero-order valence-electron chi connectivity index (χ0n) is 14.2. The Labute approximate surface area is 138 Å². The average molecular weight is 343 g/mol. The molecule has 7 heteroatoms. The van der Waals surface area contributed by atoms with Crippen LogP contribution in [0.4, 0.5) is 0 Å². The van der Waals surface area contributed by atoms with Crippen molar-refractivity contribution >= 4 is 10.0 Å². The molecule has 23 heavy (non-hydrogen) atoms. The topological polar surface area (TPSA) is 76.1 Å². The molecule has 6 nitrogen and oxygen atoms in total. The molecule has 0 aliphatic carbocycles. The number of rotatable bonds is 5. The maximum absolute atomic E-state index is 12.0. The van der Waals surface area contributed by atoms with Crippen molar-refractivity contribution in [1.82, 2.24) is 4.31 Å². The summed E-state index contributed by atoms with van der Waals surface area (Å²) in [6.07, 6.45) is 0.992. The van der Waals surface area contributed by atoms with E-state index in [4.69, 9.17) is 9.47 Å². The van der Waals surface area contributed by atoms with E-state index in [1.165, 1.54) is 11.4 Å². The van der Waals surface area contributed by atoms with Gasteiger partial charge in [-0.1, -0.05) is 6.92 Å². The summed E-state index contributed by atoms with van der Waals surface area (Å²) in [6.45, 7) is 6.06. The van der Waals surface area contributed by atoms with Crippen LogP contribution in [0.15, 0.2) is 18.2 Å². The van der Waals surface area contributed by atoms with Crippen molar-refractivity contribution < 1.29 is 23.0 Å². The summed E-state index contributed by atoms with van der Waals surface area (Å²) in [5.74, 6) is 1.19. The number of ether oxygens (including phenoxy) is 2. The van der Waals surface area contributed by atoms with E-state index in [1.54, 1.807) is 32.0 Å². The molecule has 1 N–H and O–H groups in total. The highest BCUT2D eigenvalue weighted by Gasteiger charge is 2.46. The lowest BCUT2D eigenvalue weighted by atomic mass is 9.86. The van der Waals surface area contributed by atoms with Crippen LogP contribution in [0.3, 0.4) is 0 Å². The zero-order valence-corrected chi connectivity index (χ0v) is 15.1. The highest BCUT2D eigenvalue weighted by Crippen LogP contribution is 2.44. The van der Waals surface area contributed by atoms with Crippen molar-refractivity contribution in [3.05, 3.63) is 23.8 Å². The lowest BCUT2D eigenvalue weighted by molar-refractivity contribution is -0.0763. The molecule has 0 amide bonds. The summed E-state index contributed by atoms with van der Waals surface area (Å²) in [4.78, 5) is 0. The Bertz CT molecular complexity index is 671. The normalized spacial score (nSPS) is 23.3. The molecule has 130 valence electrons. The fraction of sp³-hybridized carbons (Fsp3) is 0.625. The van der Waals surface area contributed by atoms with E-state index in [9.17, 15) is 13.5 Å². The fourth-order valence-electron chi connectivity index (χ4n) is 2.66. The predicted octanol–water partition coefficient (Wildman–Crippen LogP) is 1.94. The molecule has 0 bridgehead atoms. The van der Waals surface area contributed by atoms with Crippen LogP contribution in [0.1, 0.15) is 38.8 Å². The minimum absolute atomic E-state index is 0.560. The first-order chi connectivity index (χ1) is 10.6. The molecule has 1 aliphatic rings. The van der Waals surface area contributed by atoms with Gasteiger partial charge in [-0.25, -0.2) is 8.42 Å². The molecule has 1 aromatic carbocycles. The SMILES string of the molecule is CCCOc1ccc2c(c1)[C@@H](N(C)S(C)(=O)=O)[C@H](O)C(C)(C)O2. The number of nitrogens with zero attached hydrogens (tertiary/aromatic N) is 1. The van der Waals surface area contributed by atoms with E-state index in [-0.39, 0.29) is 0 Å². The maximum Gasteiger partial charge on any atom is 0.211 e. The van der Waals surface area contributed by atoms with Gasteiger partial charge in [-0.15, -0.1) is 0 Å². The van der Waals surface area contributed by atoms with E-state index in [1.807, 2.05) is 6.92 Å². The molecule has 1 heterocycles. The maximum atomic E-state index is 12.0. The number of hydrogen-bond donors (Lipinski definition) is 1. The number of aliphatic hydroxyl groups excluding tert-OH is 1. The van der Waals surface area contributed by atoms with E-state index >= 15 is 0 Å². The number of sulfonamides is 1. The van der Waals surface area contributed by atoms with Gasteiger partial charge in [0, 0.05) is 12.6 Å². The van der Waals surface area contributed by atoms with E-state index in [0.717, 1.165) is 12.7 Å². The van der Waals surface area contributed by atoms with E-state index in [0.29, 0.717) is 23.7 Å². The van der Waals surface area contributed by atoms with Crippen LogP contribution in [0.5, 0.6) is 11.5 Å². The molecule has 0 radical (unpaired) electrons. The summed E-state index contributed by atoms with van der Waals surface area (Å²) >= 11 is 0. The van der Waals surface area contributed by atoms with Crippen LogP contribution in [0.2, 0.25) is 0 Å². The lowest BCUT2D eigenvalue weighted by Gasteiger charge is -2.44. The smallest absolute Gasteiger partial charge is 0.211 e. The third kappa shape index (κ3) is 3.62. The van der Waals surface area contributed by atoms with Crippen molar-refractivity contribution in [2.45, 2.75) is 44.9 Å². The van der Waals surface area contributed by atoms with Crippen molar-refractivity contribution in [2.75, 3.05) is 19.9 Å². The van der Waals surface area contributed by atoms with Gasteiger partial charge < -0.3 is 14.6 Å². The van der Waals surface area contributed by atoms with Crippen molar-refractivity contribution in [3.8, 4) is 11.5 Å². The fourth-order valence-corrected chi connectivity index (χ4v) is 3.30. The minimum Gasteiger partial charge on any atom is -0.494 e. The second kappa shape index (κ2) is 6.30. The number of hydrogen-bond acceptors (Lipinski definition) is 5. The van der Waals surface area contributed by atoms with Crippen LogP contribution in [0.25, 0.3) is 0 Å². The molecular formula is C16H25NO5S. The Balaban J connectivity index is 2.52. The molecule has 0 aromatic heterocycles. The Morgan fingerprint density at radius 3 is 2.61 bits per heavy atom. The van der Waals surface area contributed by atoms with Gasteiger partial charge >= 0.3 is 0 Å². The number of aliphatic hydroxyl groups is 1. The van der Waals surface area contributed by atoms with Crippen LogP contribution < -0.4 is 9.47 Å². The second-order valence-corrected chi connectivity index (χ2v) is 8.46. The minimum atomic E-state index is -3.48. The largest absolute Gasteiger partial charge is 0.494 e. The molecule has 1 aliphatic heterocycles. The molecule has 2 atom stereocenters. The van der Waals surface area contributed by atoms with Crippen molar-refractivity contribution in [3.63, 3.8) is 0 Å². The van der Waals surface area contributed by atoms with E-state index < -0.39 is 27.8 Å². The second-order valence-electron chi connectivity index (χ2n) is 6.42. The monoisotopic (exact) mass is 343 g/mol. The summed E-state index contributed by atoms with van der Waals surface area (Å²) < 4.78 is 36.7. The van der Waals surface area contributed by atoms with Gasteiger partial charge in [0.25, 0.3) is 0 Å². The predicted molar refractivity (Wildman–Crippen MR) is 88.3 cm³/mol. The van der Waals surface area contributed by atoms with Gasteiger partial charge in [-0.3, -0.25) is 0 Å². The summed E-state index contributed by atoms with van der Waals surface area (Å²) in [5.41, 5.74) is -0.291. The molecule has 2 rings (SSSR count). The Morgan fingerprint density at radius 1 is 1.39 bits per heavy atom. The van der Waals surface area contributed by atoms with Gasteiger partial charge in [-0.05, 0) is 38.5 Å². The molecule has 0 spiro atoms. The molecular weight excluding hydrogens is 318 g/mol. The standard InChI is InChI=1S/C16H25NO5S/c1-6-9-21-11-7-8-13-12(10-11)14(17(4)23(5,19)20)15(18)16(2,3)22-13/h7-8,10,14-15,18H,6,9H2,1-5H3/t14-,15+/m1/s1. The van der Waals surface area contributed by atoms with Gasteiger partial charge in [0.05, 0.1) is 18.9 Å². The summed E-state index contributed by atoms with van der Waals surface area (Å²) in [7, 11) is -2.01. The first-order valence-electron chi connectivity index (χ1n) is 7.64. The first-order valence-corrected chi connectivity index (χ1v) is 9.49. The average Bonchev–Trinajstić information content (AvgIpc) is 2.45. The molecule has 0 fully saturated rings. The molecule has 0 saturated heterocycles. The highest BCUT2D eigenvalue weighted by atomic mass is 32.2. The summed E-state index contributed by atoms with van der Waals surface area (Å²) in [5, 5.41) is 10.7. The van der Waals surface area contributed by atoms with Gasteiger partial charge in [-0.2, -0.15) is 4.31 Å². The molecule has 0 unspecified atom stereocenters. The zero-order chi connectivity index (χ0) is 17.4. The van der Waals surface area contributed by atoms with Gasteiger partial charge in [0.1, 0.15) is 23.2 Å². The van der Waals surface area contributed by atoms with Crippen molar-refractivity contribution in [2.24, 2.45) is 0 Å². The van der Waals surface area contributed by atoms with E-state index in [2.05, 4.69) is 0 Å². The Hall–Kier alpha value is -1.31. The third-order valence-corrected chi connectivity index (χ3v) is 5.35. The van der Waals surface area contributed by atoms with Gasteiger partial charge in [0.15, 0.2) is 0 Å². The molecule has 0 saturated carbocycles. The highest BCUT2D eigenvalue weighted by molar-refractivity contribution is 7.88. The Kier molecular flexibility index (Phi) is 4.94. The number of fused-ring (bicyclic) bond motifs is 1. The Morgan fingerprint density at radius 2 is 2.04 bits per heavy atom. The van der Waals surface area contributed by atoms with Gasteiger partial charge in [0.2, 0.25) is 10.0 Å². The number of likely N-dealkylation sites (N-methyl/N-ethyl adjacent to an activating group) is 1. The first kappa shape index (κ1) is 18.0. The van der Waals surface area contributed by atoms with Crippen LogP contribution >= 0.6 is 0 Å².